The number of aliphatic hydroxyl groups excluding tert-OH is 1. The quantitative estimate of drug-likeness (QED) is 0.247. The molecule has 10 heteroatoms. The molecule has 1 saturated heterocycles. The molecule has 0 aliphatic carbocycles. The molecule has 0 bridgehead atoms. The maximum absolute atomic E-state index is 14.6. The Balaban J connectivity index is 1.36. The molecule has 1 spiro atoms. The number of hydrogen-bond acceptors (Lipinski definition) is 5. The lowest BCUT2D eigenvalue weighted by molar-refractivity contribution is -0.151. The second kappa shape index (κ2) is 11.7. The summed E-state index contributed by atoms with van der Waals surface area (Å²) in [6, 6.07) is 21.6. The van der Waals surface area contributed by atoms with E-state index in [1.165, 1.54) is 0 Å². The maximum Gasteiger partial charge on any atom is 0.264 e. The highest BCUT2D eigenvalue weighted by atomic mass is 127. The summed E-state index contributed by atoms with van der Waals surface area (Å²) < 4.78 is 8.82. The van der Waals surface area contributed by atoms with Gasteiger partial charge in [0.05, 0.1) is 37.4 Å². The van der Waals surface area contributed by atoms with Gasteiger partial charge in [-0.25, -0.2) is 0 Å². The molecule has 6 rings (SSSR count). The molecule has 5 atom stereocenters. The van der Waals surface area contributed by atoms with Crippen molar-refractivity contribution >= 4 is 64.3 Å². The minimum Gasteiger partial charge on any atom is -0.432 e. The summed E-state index contributed by atoms with van der Waals surface area (Å²) in [6.07, 6.45) is -0.0414. The fourth-order valence-corrected chi connectivity index (χ4v) is 11.1. The summed E-state index contributed by atoms with van der Waals surface area (Å²) >= 11 is 5.88. The predicted octanol–water partition coefficient (Wildman–Crippen LogP) is 5.73. The van der Waals surface area contributed by atoms with E-state index in [0.29, 0.717) is 19.5 Å². The molecule has 0 unspecified atom stereocenters. The molecule has 2 N–H and O–H groups in total. The molecule has 3 aromatic rings. The van der Waals surface area contributed by atoms with Crippen LogP contribution in [-0.4, -0.2) is 53.7 Å². The molecule has 0 radical (unpaired) electrons. The van der Waals surface area contributed by atoms with Gasteiger partial charge in [0, 0.05) is 31.6 Å². The highest BCUT2D eigenvalue weighted by Crippen LogP contribution is 2.60. The Kier molecular flexibility index (Phi) is 8.40. The molecule has 3 heterocycles. The van der Waals surface area contributed by atoms with Crippen LogP contribution >= 0.6 is 38.5 Å². The lowest BCUT2D eigenvalue weighted by Crippen LogP contribution is -2.48. The van der Waals surface area contributed by atoms with E-state index >= 15 is 0 Å². The van der Waals surface area contributed by atoms with Gasteiger partial charge >= 0.3 is 0 Å². The van der Waals surface area contributed by atoms with Gasteiger partial charge in [-0.15, -0.1) is 0 Å². The molecule has 43 heavy (non-hydrogen) atoms. The number of carbonyl (C=O) groups is 2. The summed E-state index contributed by atoms with van der Waals surface area (Å²) in [5, 5.41) is 10.2. The summed E-state index contributed by atoms with van der Waals surface area (Å²) in [5.41, 5.74) is 3.09. The van der Waals surface area contributed by atoms with Gasteiger partial charge in [-0.2, -0.15) is 0 Å². The van der Waals surface area contributed by atoms with Crippen molar-refractivity contribution in [3.05, 3.63) is 97.0 Å². The number of nitrogens with zero attached hydrogens (tertiary/aromatic N) is 2. The molecule has 1 fully saturated rings. The molecule has 3 aliphatic heterocycles. The van der Waals surface area contributed by atoms with Crippen molar-refractivity contribution in [3.8, 4) is 0 Å². The summed E-state index contributed by atoms with van der Waals surface area (Å²) in [5.74, 6) is -0.666. The monoisotopic (exact) mass is 774 g/mol. The lowest BCUT2D eigenvalue weighted by atomic mass is 9.82. The van der Waals surface area contributed by atoms with E-state index in [2.05, 4.69) is 44.6 Å². The third-order valence-electron chi connectivity index (χ3n) is 9.44. The van der Waals surface area contributed by atoms with Gasteiger partial charge < -0.3 is 24.4 Å². The SMILES string of the molecule is C[C@H]1[C@H]([Si](C)(C)O)[C@@H](CC(=O)N2Cc3ccccc3C[C@H]2CO)O[C@]12C(=O)N(Cc1cccc(I)c1)c1ccc(Br)cc12. The van der Waals surface area contributed by atoms with Gasteiger partial charge in [0.25, 0.3) is 5.91 Å². The minimum absolute atomic E-state index is 0.0277. The third kappa shape index (κ3) is 5.41. The van der Waals surface area contributed by atoms with Gasteiger partial charge in [0.15, 0.2) is 13.9 Å². The van der Waals surface area contributed by atoms with E-state index < -0.39 is 20.0 Å². The zero-order valence-electron chi connectivity index (χ0n) is 24.5. The van der Waals surface area contributed by atoms with Gasteiger partial charge in [-0.3, -0.25) is 9.59 Å². The number of halogens is 2. The Morgan fingerprint density at radius 2 is 1.86 bits per heavy atom. The number of benzene rings is 3. The fourth-order valence-electron chi connectivity index (χ4n) is 7.56. The van der Waals surface area contributed by atoms with Gasteiger partial charge in [-0.05, 0) is 89.1 Å². The number of rotatable bonds is 6. The van der Waals surface area contributed by atoms with Gasteiger partial charge in [0.1, 0.15) is 0 Å². The number of fused-ring (bicyclic) bond motifs is 3. The van der Waals surface area contributed by atoms with Crippen molar-refractivity contribution in [3.63, 3.8) is 0 Å². The highest BCUT2D eigenvalue weighted by molar-refractivity contribution is 14.1. The number of hydrogen-bond donors (Lipinski definition) is 2. The molecule has 2 amide bonds. The number of amides is 2. The van der Waals surface area contributed by atoms with Crippen molar-refractivity contribution in [2.75, 3.05) is 11.5 Å². The van der Waals surface area contributed by atoms with Crippen molar-refractivity contribution in [2.45, 2.75) is 69.2 Å². The first kappa shape index (κ1) is 30.9. The molecule has 3 aromatic carbocycles. The first-order valence-corrected chi connectivity index (χ1v) is 19.6. The highest BCUT2D eigenvalue weighted by Gasteiger charge is 2.66. The van der Waals surface area contributed by atoms with Crippen LogP contribution in [0.25, 0.3) is 0 Å². The molecular formula is C33H36BrIN2O5Si. The van der Waals surface area contributed by atoms with Crippen molar-refractivity contribution < 1.29 is 24.2 Å². The average molecular weight is 776 g/mol. The Morgan fingerprint density at radius 3 is 2.56 bits per heavy atom. The number of aliphatic hydroxyl groups is 1. The number of anilines is 1. The van der Waals surface area contributed by atoms with Crippen LogP contribution in [0.5, 0.6) is 0 Å². The summed E-state index contributed by atoms with van der Waals surface area (Å²) in [4.78, 5) is 43.8. The van der Waals surface area contributed by atoms with Crippen LogP contribution in [0.15, 0.2) is 71.2 Å². The van der Waals surface area contributed by atoms with E-state index in [9.17, 15) is 19.5 Å². The van der Waals surface area contributed by atoms with Crippen molar-refractivity contribution in [2.24, 2.45) is 5.92 Å². The normalized spacial score (nSPS) is 26.6. The van der Waals surface area contributed by atoms with Crippen LogP contribution in [0.3, 0.4) is 0 Å². The standard InChI is InChI=1S/C33H36BrIN2O5Si/c1-20-31(43(2,3)41)29(16-30(39)36-18-23-9-5-4-8-22(23)14-26(36)19-38)42-33(20)27-15-24(34)11-12-28(27)37(32(33)40)17-21-7-6-10-25(35)13-21/h4-13,15,20,26,29,31,38,41H,14,16-19H2,1-3H3/t20-,26-,29+,31-,33+/m0/s1. The molecule has 0 saturated carbocycles. The van der Waals surface area contributed by atoms with Crippen LogP contribution < -0.4 is 4.90 Å². The van der Waals surface area contributed by atoms with Crippen LogP contribution in [0.4, 0.5) is 5.69 Å². The maximum atomic E-state index is 14.6. The number of ether oxygens (including phenoxy) is 1. The molecule has 3 aliphatic rings. The molecule has 7 nitrogen and oxygen atoms in total. The Bertz CT molecular complexity index is 1580. The Labute approximate surface area is 275 Å². The Morgan fingerprint density at radius 1 is 1.12 bits per heavy atom. The zero-order valence-corrected chi connectivity index (χ0v) is 29.2. The minimum atomic E-state index is -2.94. The van der Waals surface area contributed by atoms with Crippen molar-refractivity contribution in [1.82, 2.24) is 4.90 Å². The second-order valence-corrected chi connectivity index (χ2v) is 18.7. The van der Waals surface area contributed by atoms with Crippen LogP contribution in [0.2, 0.25) is 18.6 Å². The fraction of sp³-hybridized carbons (Fsp3) is 0.394. The predicted molar refractivity (Wildman–Crippen MR) is 180 cm³/mol. The van der Waals surface area contributed by atoms with E-state index in [0.717, 1.165) is 36.0 Å². The Hall–Kier alpha value is -2.09. The van der Waals surface area contributed by atoms with E-state index in [4.69, 9.17) is 4.74 Å². The molecule has 226 valence electrons. The van der Waals surface area contributed by atoms with Gasteiger partial charge in [-0.1, -0.05) is 59.3 Å². The van der Waals surface area contributed by atoms with Crippen LogP contribution in [0, 0.1) is 9.49 Å². The number of carbonyl (C=O) groups excluding carboxylic acids is 2. The second-order valence-electron chi connectivity index (χ2n) is 12.6. The van der Waals surface area contributed by atoms with Crippen LogP contribution in [0.1, 0.15) is 35.6 Å². The largest absolute Gasteiger partial charge is 0.432 e. The van der Waals surface area contributed by atoms with Gasteiger partial charge in [0.2, 0.25) is 5.91 Å². The summed E-state index contributed by atoms with van der Waals surface area (Å²) in [6.45, 7) is 6.39. The lowest BCUT2D eigenvalue weighted by Gasteiger charge is -2.37. The van der Waals surface area contributed by atoms with E-state index in [1.54, 1.807) is 9.80 Å². The molecular weight excluding hydrogens is 739 g/mol. The topological polar surface area (TPSA) is 90.3 Å². The summed E-state index contributed by atoms with van der Waals surface area (Å²) in [7, 11) is -2.94. The zero-order chi connectivity index (χ0) is 30.7. The van der Waals surface area contributed by atoms with E-state index in [-0.39, 0.29) is 42.3 Å². The first-order valence-electron chi connectivity index (χ1n) is 14.7. The first-order chi connectivity index (χ1) is 20.4. The van der Waals surface area contributed by atoms with E-state index in [1.807, 2.05) is 80.7 Å². The van der Waals surface area contributed by atoms with Crippen molar-refractivity contribution in [1.29, 1.82) is 0 Å². The average Bonchev–Trinajstić information content (AvgIpc) is 3.38. The third-order valence-corrected chi connectivity index (χ3v) is 13.1. The van der Waals surface area contributed by atoms with Crippen LogP contribution in [-0.2, 0) is 39.4 Å². The smallest absolute Gasteiger partial charge is 0.264 e. The molecule has 0 aromatic heterocycles.